The van der Waals surface area contributed by atoms with Crippen molar-refractivity contribution in [2.24, 2.45) is 0 Å². The Balaban J connectivity index is 2.59. The average Bonchev–Trinajstić information content (AvgIpc) is 2.05. The van der Waals surface area contributed by atoms with Crippen LogP contribution in [0.15, 0.2) is 18.7 Å². The Morgan fingerprint density at radius 2 is 1.92 bits per heavy atom. The maximum Gasteiger partial charge on any atom is 0.115 e. The fraction of sp³-hybridized carbons (Fsp3) is 0.556. The van der Waals surface area contributed by atoms with Gasteiger partial charge in [-0.1, -0.05) is 6.92 Å². The van der Waals surface area contributed by atoms with E-state index in [4.69, 9.17) is 11.6 Å². The molecule has 2 unspecified atom stereocenters. The molecule has 0 saturated carbocycles. The zero-order valence-corrected chi connectivity index (χ0v) is 8.12. The second-order valence-electron chi connectivity index (χ2n) is 3.09. The van der Waals surface area contributed by atoms with Crippen LogP contribution < -0.4 is 0 Å². The molecular weight excluding hydrogens is 172 g/mol. The molecule has 0 aliphatic heterocycles. The smallest absolute Gasteiger partial charge is 0.115 e. The summed E-state index contributed by atoms with van der Waals surface area (Å²) in [6.45, 7) is 4.14. The van der Waals surface area contributed by atoms with Crippen molar-refractivity contribution in [3.8, 4) is 0 Å². The number of halogens is 1. The van der Waals surface area contributed by atoms with Gasteiger partial charge in [0.05, 0.1) is 0 Å². The third-order valence-corrected chi connectivity index (χ3v) is 2.01. The Kier molecular flexibility index (Phi) is 3.48. The second kappa shape index (κ2) is 4.41. The normalized spacial score (nSPS) is 15.6. The summed E-state index contributed by atoms with van der Waals surface area (Å²) in [5.74, 6) is 0.443. The lowest BCUT2D eigenvalue weighted by Crippen LogP contribution is -2.01. The van der Waals surface area contributed by atoms with Gasteiger partial charge in [-0.15, -0.1) is 11.6 Å². The molecule has 0 fully saturated rings. The van der Waals surface area contributed by atoms with Gasteiger partial charge in [-0.2, -0.15) is 0 Å². The third-order valence-electron chi connectivity index (χ3n) is 1.83. The highest BCUT2D eigenvalue weighted by Gasteiger charge is 2.08. The summed E-state index contributed by atoms with van der Waals surface area (Å²) in [5, 5.41) is 0.209. The van der Waals surface area contributed by atoms with E-state index in [1.165, 1.54) is 0 Å². The third kappa shape index (κ3) is 2.78. The van der Waals surface area contributed by atoms with E-state index < -0.39 is 0 Å². The summed E-state index contributed by atoms with van der Waals surface area (Å²) >= 11 is 5.88. The van der Waals surface area contributed by atoms with Crippen LogP contribution in [-0.4, -0.2) is 15.3 Å². The molecule has 0 aliphatic carbocycles. The number of rotatable bonds is 3. The molecule has 0 bridgehead atoms. The van der Waals surface area contributed by atoms with Gasteiger partial charge in [0, 0.05) is 17.8 Å². The molecule has 12 heavy (non-hydrogen) atoms. The quantitative estimate of drug-likeness (QED) is 0.675. The van der Waals surface area contributed by atoms with E-state index in [1.54, 1.807) is 6.33 Å². The van der Waals surface area contributed by atoms with E-state index in [1.807, 2.05) is 19.3 Å². The molecule has 0 spiro atoms. The van der Waals surface area contributed by atoms with Crippen molar-refractivity contribution in [2.45, 2.75) is 31.6 Å². The summed E-state index contributed by atoms with van der Waals surface area (Å²) in [6, 6.07) is 0. The van der Waals surface area contributed by atoms with Crippen molar-refractivity contribution in [3.63, 3.8) is 0 Å². The first-order valence-electron chi connectivity index (χ1n) is 4.09. The van der Waals surface area contributed by atoms with Gasteiger partial charge in [0.15, 0.2) is 0 Å². The van der Waals surface area contributed by atoms with Gasteiger partial charge in [0.2, 0.25) is 0 Å². The lowest BCUT2D eigenvalue weighted by Gasteiger charge is -2.11. The number of hydrogen-bond acceptors (Lipinski definition) is 2. The lowest BCUT2D eigenvalue weighted by atomic mass is 9.99. The van der Waals surface area contributed by atoms with Crippen molar-refractivity contribution in [1.82, 2.24) is 9.97 Å². The molecular formula is C9H13ClN2. The monoisotopic (exact) mass is 184 g/mol. The molecule has 2 nitrogen and oxygen atoms in total. The number of hydrogen-bond donors (Lipinski definition) is 0. The van der Waals surface area contributed by atoms with E-state index in [-0.39, 0.29) is 5.38 Å². The van der Waals surface area contributed by atoms with Gasteiger partial charge in [-0.3, -0.25) is 0 Å². The molecule has 0 radical (unpaired) electrons. The van der Waals surface area contributed by atoms with Crippen LogP contribution in [0, 0.1) is 0 Å². The van der Waals surface area contributed by atoms with Crippen LogP contribution in [0.1, 0.15) is 31.7 Å². The van der Waals surface area contributed by atoms with Crippen LogP contribution in [0.25, 0.3) is 0 Å². The molecule has 3 heteroatoms. The van der Waals surface area contributed by atoms with Crippen LogP contribution in [0.4, 0.5) is 0 Å². The Bertz CT molecular complexity index is 223. The van der Waals surface area contributed by atoms with Gasteiger partial charge in [-0.25, -0.2) is 9.97 Å². The van der Waals surface area contributed by atoms with E-state index in [0.717, 1.165) is 12.0 Å². The SMILES string of the molecule is CC(Cl)CC(C)c1cncnc1. The van der Waals surface area contributed by atoms with Crippen molar-refractivity contribution in [3.05, 3.63) is 24.3 Å². The molecule has 1 aromatic heterocycles. The maximum atomic E-state index is 5.88. The van der Waals surface area contributed by atoms with Crippen LogP contribution in [0.3, 0.4) is 0 Å². The molecule has 1 aromatic rings. The molecule has 0 aromatic carbocycles. The zero-order chi connectivity index (χ0) is 8.97. The van der Waals surface area contributed by atoms with E-state index >= 15 is 0 Å². The standard InChI is InChI=1S/C9H13ClN2/c1-7(3-8(2)10)9-4-11-6-12-5-9/h4-8H,3H2,1-2H3. The van der Waals surface area contributed by atoms with E-state index in [2.05, 4.69) is 16.9 Å². The second-order valence-corrected chi connectivity index (χ2v) is 3.83. The van der Waals surface area contributed by atoms with Gasteiger partial charge >= 0.3 is 0 Å². The molecule has 66 valence electrons. The largest absolute Gasteiger partial charge is 0.245 e. The fourth-order valence-electron chi connectivity index (χ4n) is 1.19. The van der Waals surface area contributed by atoms with Gasteiger partial charge in [0.25, 0.3) is 0 Å². The summed E-state index contributed by atoms with van der Waals surface area (Å²) in [7, 11) is 0. The summed E-state index contributed by atoms with van der Waals surface area (Å²) in [4.78, 5) is 7.92. The predicted molar refractivity (Wildman–Crippen MR) is 50.4 cm³/mol. The van der Waals surface area contributed by atoms with Crippen LogP contribution >= 0.6 is 11.6 Å². The van der Waals surface area contributed by atoms with Crippen molar-refractivity contribution < 1.29 is 0 Å². The Morgan fingerprint density at radius 1 is 1.33 bits per heavy atom. The molecule has 1 heterocycles. The first-order valence-corrected chi connectivity index (χ1v) is 4.52. The minimum Gasteiger partial charge on any atom is -0.245 e. The van der Waals surface area contributed by atoms with Crippen LogP contribution in [0.5, 0.6) is 0 Å². The Morgan fingerprint density at radius 3 is 2.42 bits per heavy atom. The summed E-state index contributed by atoms with van der Waals surface area (Å²) < 4.78 is 0. The highest BCUT2D eigenvalue weighted by atomic mass is 35.5. The minimum atomic E-state index is 0.209. The number of nitrogens with zero attached hydrogens (tertiary/aromatic N) is 2. The Labute approximate surface area is 78.0 Å². The van der Waals surface area contributed by atoms with Crippen LogP contribution in [-0.2, 0) is 0 Å². The lowest BCUT2D eigenvalue weighted by molar-refractivity contribution is 0.665. The number of alkyl halides is 1. The maximum absolute atomic E-state index is 5.88. The van der Waals surface area contributed by atoms with Crippen LogP contribution in [0.2, 0.25) is 0 Å². The van der Waals surface area contributed by atoms with Gasteiger partial charge in [-0.05, 0) is 24.8 Å². The predicted octanol–water partition coefficient (Wildman–Crippen LogP) is 2.60. The molecule has 2 atom stereocenters. The molecule has 1 rings (SSSR count). The molecule has 0 saturated heterocycles. The zero-order valence-electron chi connectivity index (χ0n) is 7.37. The van der Waals surface area contributed by atoms with E-state index in [0.29, 0.717) is 5.92 Å². The van der Waals surface area contributed by atoms with Crippen molar-refractivity contribution >= 4 is 11.6 Å². The van der Waals surface area contributed by atoms with E-state index in [9.17, 15) is 0 Å². The molecule has 0 amide bonds. The molecule has 0 aliphatic rings. The summed E-state index contributed by atoms with van der Waals surface area (Å²) in [6.07, 6.45) is 6.20. The minimum absolute atomic E-state index is 0.209. The van der Waals surface area contributed by atoms with Crippen molar-refractivity contribution in [2.75, 3.05) is 0 Å². The van der Waals surface area contributed by atoms with Gasteiger partial charge in [0.1, 0.15) is 6.33 Å². The highest BCUT2D eigenvalue weighted by Crippen LogP contribution is 2.20. The topological polar surface area (TPSA) is 25.8 Å². The van der Waals surface area contributed by atoms with Gasteiger partial charge < -0.3 is 0 Å². The fourth-order valence-corrected chi connectivity index (χ4v) is 1.46. The first kappa shape index (κ1) is 9.46. The Hall–Kier alpha value is -0.630. The average molecular weight is 185 g/mol. The highest BCUT2D eigenvalue weighted by molar-refractivity contribution is 6.20. The first-order chi connectivity index (χ1) is 5.70. The van der Waals surface area contributed by atoms with Crippen molar-refractivity contribution in [1.29, 1.82) is 0 Å². The number of aromatic nitrogens is 2. The molecule has 0 N–H and O–H groups in total. The summed E-state index contributed by atoms with van der Waals surface area (Å²) in [5.41, 5.74) is 1.16.